The van der Waals surface area contributed by atoms with E-state index >= 15 is 0 Å². The summed E-state index contributed by atoms with van der Waals surface area (Å²) in [6.07, 6.45) is 2.07. The van der Waals surface area contributed by atoms with Gasteiger partial charge in [-0.1, -0.05) is 36.4 Å². The van der Waals surface area contributed by atoms with Gasteiger partial charge in [-0.15, -0.1) is 0 Å². The maximum atomic E-state index is 12.3. The molecule has 1 N–H and O–H groups in total. The molecule has 0 saturated heterocycles. The van der Waals surface area contributed by atoms with E-state index in [-0.39, 0.29) is 5.91 Å². The van der Waals surface area contributed by atoms with Crippen LogP contribution < -0.4 is 5.32 Å². The van der Waals surface area contributed by atoms with Crippen LogP contribution in [0, 0.1) is 0 Å². The summed E-state index contributed by atoms with van der Waals surface area (Å²) >= 11 is 1.77. The summed E-state index contributed by atoms with van der Waals surface area (Å²) in [6.45, 7) is 4.92. The van der Waals surface area contributed by atoms with Gasteiger partial charge in [0.2, 0.25) is 0 Å². The van der Waals surface area contributed by atoms with Gasteiger partial charge in [0, 0.05) is 24.5 Å². The highest BCUT2D eigenvalue weighted by Gasteiger charge is 2.05. The predicted octanol–water partition coefficient (Wildman–Crippen LogP) is 4.03. The standard InChI is InChI=1S/C21H27NO3S/c1-3-24-11-12-25-15-19-6-4-5-18(13-19)14-22-21(23)20-9-7-17(8-10-20)16-26-2/h4-10,13H,3,11-12,14-16H2,1-2H3,(H,22,23). The van der Waals surface area contributed by atoms with E-state index in [0.717, 1.165) is 16.9 Å². The Morgan fingerprint density at radius 3 is 2.46 bits per heavy atom. The number of carbonyl (C=O) groups excluding carboxylic acids is 1. The second kappa shape index (κ2) is 11.7. The van der Waals surface area contributed by atoms with Crippen LogP contribution in [0.1, 0.15) is 34.0 Å². The van der Waals surface area contributed by atoms with Gasteiger partial charge in [0.05, 0.1) is 19.8 Å². The van der Waals surface area contributed by atoms with E-state index in [4.69, 9.17) is 9.47 Å². The number of amides is 1. The zero-order chi connectivity index (χ0) is 18.6. The number of ether oxygens (including phenoxy) is 2. The summed E-state index contributed by atoms with van der Waals surface area (Å²) in [5.41, 5.74) is 4.06. The molecule has 2 rings (SSSR count). The maximum absolute atomic E-state index is 12.3. The third-order valence-corrected chi connectivity index (χ3v) is 4.44. The van der Waals surface area contributed by atoms with Crippen LogP contribution in [0.15, 0.2) is 48.5 Å². The lowest BCUT2D eigenvalue weighted by Gasteiger charge is -2.09. The van der Waals surface area contributed by atoms with Crippen LogP contribution in [0.5, 0.6) is 0 Å². The van der Waals surface area contributed by atoms with E-state index in [1.807, 2.05) is 49.4 Å². The highest BCUT2D eigenvalue weighted by molar-refractivity contribution is 7.97. The number of hydrogen-bond donors (Lipinski definition) is 1. The van der Waals surface area contributed by atoms with Gasteiger partial charge >= 0.3 is 0 Å². The first-order valence-electron chi connectivity index (χ1n) is 8.82. The molecule has 0 spiro atoms. The van der Waals surface area contributed by atoms with Gasteiger partial charge in [-0.25, -0.2) is 0 Å². The first-order chi connectivity index (χ1) is 12.7. The average molecular weight is 374 g/mol. The first-order valence-corrected chi connectivity index (χ1v) is 10.2. The Kier molecular flexibility index (Phi) is 9.24. The van der Waals surface area contributed by atoms with Crippen molar-refractivity contribution in [3.63, 3.8) is 0 Å². The summed E-state index contributed by atoms with van der Waals surface area (Å²) in [5.74, 6) is 0.903. The largest absolute Gasteiger partial charge is 0.379 e. The molecule has 0 bridgehead atoms. The number of thioether (sulfide) groups is 1. The number of nitrogens with one attached hydrogen (secondary N) is 1. The molecule has 2 aromatic rings. The van der Waals surface area contributed by atoms with Crippen LogP contribution in [-0.2, 0) is 28.4 Å². The first kappa shape index (κ1) is 20.5. The van der Waals surface area contributed by atoms with Gasteiger partial charge in [0.1, 0.15) is 0 Å². The number of hydrogen-bond acceptors (Lipinski definition) is 4. The Hall–Kier alpha value is -1.82. The molecule has 0 atom stereocenters. The van der Waals surface area contributed by atoms with Crippen LogP contribution in [0.25, 0.3) is 0 Å². The van der Waals surface area contributed by atoms with E-state index in [2.05, 4.69) is 17.6 Å². The van der Waals surface area contributed by atoms with E-state index in [1.54, 1.807) is 11.8 Å². The fourth-order valence-corrected chi connectivity index (χ4v) is 3.01. The monoisotopic (exact) mass is 373 g/mol. The maximum Gasteiger partial charge on any atom is 0.251 e. The van der Waals surface area contributed by atoms with Crippen molar-refractivity contribution >= 4 is 17.7 Å². The summed E-state index contributed by atoms with van der Waals surface area (Å²) < 4.78 is 10.8. The zero-order valence-corrected chi connectivity index (χ0v) is 16.3. The summed E-state index contributed by atoms with van der Waals surface area (Å²) in [7, 11) is 0. The number of carbonyl (C=O) groups is 1. The zero-order valence-electron chi connectivity index (χ0n) is 15.5. The lowest BCUT2D eigenvalue weighted by Crippen LogP contribution is -2.22. The van der Waals surface area contributed by atoms with Crippen molar-refractivity contribution in [1.29, 1.82) is 0 Å². The van der Waals surface area contributed by atoms with Gasteiger partial charge in [0.25, 0.3) is 5.91 Å². The molecule has 0 unspecified atom stereocenters. The third-order valence-electron chi connectivity index (χ3n) is 3.82. The normalized spacial score (nSPS) is 10.7. The fraction of sp³-hybridized carbons (Fsp3) is 0.381. The molecule has 0 aliphatic carbocycles. The van der Waals surface area contributed by atoms with Crippen molar-refractivity contribution in [1.82, 2.24) is 5.32 Å². The summed E-state index contributed by atoms with van der Waals surface area (Å²) in [4.78, 5) is 12.3. The van der Waals surface area contributed by atoms with Gasteiger partial charge in [-0.3, -0.25) is 4.79 Å². The topological polar surface area (TPSA) is 47.6 Å². The van der Waals surface area contributed by atoms with E-state index < -0.39 is 0 Å². The molecule has 0 heterocycles. The van der Waals surface area contributed by atoms with E-state index in [0.29, 0.717) is 38.5 Å². The molecule has 140 valence electrons. The molecule has 4 nitrogen and oxygen atoms in total. The Morgan fingerprint density at radius 2 is 1.73 bits per heavy atom. The molecule has 0 aliphatic heterocycles. The molecule has 0 aromatic heterocycles. The minimum absolute atomic E-state index is 0.0564. The Bertz CT molecular complexity index is 673. The minimum Gasteiger partial charge on any atom is -0.379 e. The van der Waals surface area contributed by atoms with E-state index in [1.165, 1.54) is 5.56 Å². The van der Waals surface area contributed by atoms with Gasteiger partial charge < -0.3 is 14.8 Å². The molecular weight excluding hydrogens is 346 g/mol. The summed E-state index contributed by atoms with van der Waals surface area (Å²) in [6, 6.07) is 15.8. The molecule has 1 amide bonds. The fourth-order valence-electron chi connectivity index (χ4n) is 2.49. The van der Waals surface area contributed by atoms with Crippen LogP contribution in [0.2, 0.25) is 0 Å². The Labute approximate surface area is 160 Å². The van der Waals surface area contributed by atoms with Gasteiger partial charge in [-0.2, -0.15) is 11.8 Å². The van der Waals surface area contributed by atoms with Crippen molar-refractivity contribution in [2.45, 2.75) is 25.8 Å². The van der Waals surface area contributed by atoms with Crippen molar-refractivity contribution in [2.75, 3.05) is 26.1 Å². The molecule has 0 aliphatic rings. The third kappa shape index (κ3) is 7.20. The second-order valence-corrected chi connectivity index (χ2v) is 6.75. The molecular formula is C21H27NO3S. The molecule has 0 fully saturated rings. The number of rotatable bonds is 11. The minimum atomic E-state index is -0.0564. The van der Waals surface area contributed by atoms with Crippen molar-refractivity contribution in [2.24, 2.45) is 0 Å². The van der Waals surface area contributed by atoms with Crippen molar-refractivity contribution < 1.29 is 14.3 Å². The Morgan fingerprint density at radius 1 is 1.00 bits per heavy atom. The lowest BCUT2D eigenvalue weighted by molar-refractivity contribution is 0.0453. The SMILES string of the molecule is CCOCCOCc1cccc(CNC(=O)c2ccc(CSC)cc2)c1. The van der Waals surface area contributed by atoms with Crippen LogP contribution in [0.3, 0.4) is 0 Å². The van der Waals surface area contributed by atoms with Crippen LogP contribution in [0.4, 0.5) is 0 Å². The average Bonchev–Trinajstić information content (AvgIpc) is 2.67. The smallest absolute Gasteiger partial charge is 0.251 e. The summed E-state index contributed by atoms with van der Waals surface area (Å²) in [5, 5.41) is 2.97. The highest BCUT2D eigenvalue weighted by atomic mass is 32.2. The molecule has 2 aromatic carbocycles. The Balaban J connectivity index is 1.81. The quantitative estimate of drug-likeness (QED) is 0.604. The van der Waals surface area contributed by atoms with Crippen molar-refractivity contribution in [3.05, 3.63) is 70.8 Å². The molecule has 0 saturated carbocycles. The van der Waals surface area contributed by atoms with Gasteiger partial charge in [-0.05, 0) is 42.0 Å². The second-order valence-electron chi connectivity index (χ2n) is 5.88. The van der Waals surface area contributed by atoms with E-state index in [9.17, 15) is 4.79 Å². The number of benzene rings is 2. The molecule has 5 heteroatoms. The highest BCUT2D eigenvalue weighted by Crippen LogP contribution is 2.11. The lowest BCUT2D eigenvalue weighted by atomic mass is 10.1. The van der Waals surface area contributed by atoms with Crippen LogP contribution in [-0.4, -0.2) is 32.0 Å². The predicted molar refractivity (Wildman–Crippen MR) is 107 cm³/mol. The van der Waals surface area contributed by atoms with Crippen molar-refractivity contribution in [3.8, 4) is 0 Å². The molecule has 0 radical (unpaired) electrons. The van der Waals surface area contributed by atoms with Gasteiger partial charge in [0.15, 0.2) is 0 Å². The van der Waals surface area contributed by atoms with Crippen LogP contribution >= 0.6 is 11.8 Å². The molecule has 26 heavy (non-hydrogen) atoms.